The summed E-state index contributed by atoms with van der Waals surface area (Å²) >= 11 is 0. The largest absolute Gasteiger partial charge is 0.394 e. The molecule has 146 valence electrons. The maximum atomic E-state index is 9.66. The Balaban J connectivity index is 3.05. The maximum Gasteiger partial charge on any atom is 0.0773 e. The predicted molar refractivity (Wildman–Crippen MR) is 91.3 cm³/mol. The second-order valence-corrected chi connectivity index (χ2v) is 5.40. The van der Waals surface area contributed by atoms with Gasteiger partial charge < -0.3 is 33.9 Å². The molecule has 0 heterocycles. The van der Waals surface area contributed by atoms with Crippen molar-refractivity contribution in [2.75, 3.05) is 72.7 Å². The van der Waals surface area contributed by atoms with Crippen LogP contribution in [0.1, 0.15) is 32.6 Å². The van der Waals surface area contributed by atoms with Crippen molar-refractivity contribution in [3.8, 4) is 0 Å². The van der Waals surface area contributed by atoms with Crippen molar-refractivity contribution in [3.05, 3.63) is 0 Å². The first-order valence-electron chi connectivity index (χ1n) is 8.98. The normalized spacial score (nSPS) is 12.6. The molecule has 0 aliphatic carbocycles. The first-order valence-corrected chi connectivity index (χ1v) is 8.98. The van der Waals surface area contributed by atoms with Gasteiger partial charge in [0.1, 0.15) is 0 Å². The average molecular weight is 352 g/mol. The van der Waals surface area contributed by atoms with Gasteiger partial charge >= 0.3 is 0 Å². The Kier molecular flexibility index (Phi) is 20.5. The highest BCUT2D eigenvalue weighted by atomic mass is 16.6. The molecule has 0 amide bonds. The van der Waals surface area contributed by atoms with Crippen LogP contribution in [-0.2, 0) is 23.7 Å². The maximum absolute atomic E-state index is 9.66. The zero-order chi connectivity index (χ0) is 17.7. The Morgan fingerprint density at radius 1 is 0.667 bits per heavy atom. The summed E-state index contributed by atoms with van der Waals surface area (Å²) in [6, 6.07) is 0. The summed E-state index contributed by atoms with van der Waals surface area (Å²) in [5.41, 5.74) is 0. The summed E-state index contributed by atoms with van der Waals surface area (Å²) < 4.78 is 26.4. The number of unbranched alkanes of at least 4 members (excludes halogenated alkanes) is 2. The van der Waals surface area contributed by atoms with E-state index in [0.29, 0.717) is 66.1 Å². The highest BCUT2D eigenvalue weighted by Crippen LogP contribution is 2.03. The van der Waals surface area contributed by atoms with E-state index in [1.165, 1.54) is 0 Å². The number of hydrogen-bond donors (Lipinski definition) is 2. The predicted octanol–water partition coefficient (Wildman–Crippen LogP) is 1.00. The molecular formula is C17H36O7. The van der Waals surface area contributed by atoms with Crippen LogP contribution in [-0.4, -0.2) is 89.0 Å². The van der Waals surface area contributed by atoms with Crippen molar-refractivity contribution in [1.29, 1.82) is 0 Å². The second kappa shape index (κ2) is 20.8. The van der Waals surface area contributed by atoms with Gasteiger partial charge in [-0.2, -0.15) is 0 Å². The SMILES string of the molecule is CCCCCC(O)COCCOCCOCCOCCOCCO. The highest BCUT2D eigenvalue weighted by molar-refractivity contribution is 4.53. The topological polar surface area (TPSA) is 86.6 Å². The van der Waals surface area contributed by atoms with E-state index in [2.05, 4.69) is 6.92 Å². The van der Waals surface area contributed by atoms with E-state index in [1.807, 2.05) is 0 Å². The highest BCUT2D eigenvalue weighted by Gasteiger charge is 2.03. The summed E-state index contributed by atoms with van der Waals surface area (Å²) in [4.78, 5) is 0. The van der Waals surface area contributed by atoms with Gasteiger partial charge in [0.25, 0.3) is 0 Å². The number of ether oxygens (including phenoxy) is 5. The van der Waals surface area contributed by atoms with Crippen molar-refractivity contribution in [2.45, 2.75) is 38.7 Å². The van der Waals surface area contributed by atoms with E-state index in [4.69, 9.17) is 28.8 Å². The van der Waals surface area contributed by atoms with Gasteiger partial charge in [-0.25, -0.2) is 0 Å². The molecule has 7 heteroatoms. The van der Waals surface area contributed by atoms with Crippen LogP contribution >= 0.6 is 0 Å². The van der Waals surface area contributed by atoms with Gasteiger partial charge in [-0.1, -0.05) is 26.2 Å². The van der Waals surface area contributed by atoms with Gasteiger partial charge in [0, 0.05) is 0 Å². The molecule has 2 N–H and O–H groups in total. The minimum atomic E-state index is -0.367. The van der Waals surface area contributed by atoms with Crippen molar-refractivity contribution in [3.63, 3.8) is 0 Å². The molecule has 0 aromatic rings. The third-order valence-electron chi connectivity index (χ3n) is 3.17. The third-order valence-corrected chi connectivity index (χ3v) is 3.17. The minimum absolute atomic E-state index is 0.0354. The zero-order valence-electron chi connectivity index (χ0n) is 15.1. The van der Waals surface area contributed by atoms with Crippen molar-refractivity contribution < 1.29 is 33.9 Å². The lowest BCUT2D eigenvalue weighted by atomic mass is 10.1. The molecule has 0 fully saturated rings. The average Bonchev–Trinajstić information content (AvgIpc) is 2.58. The van der Waals surface area contributed by atoms with Crippen LogP contribution in [0.4, 0.5) is 0 Å². The summed E-state index contributed by atoms with van der Waals surface area (Å²) in [5, 5.41) is 18.2. The van der Waals surface area contributed by atoms with Gasteiger partial charge in [0.15, 0.2) is 0 Å². The first-order chi connectivity index (χ1) is 11.8. The molecule has 0 saturated heterocycles. The molecule has 0 radical (unpaired) electrons. The number of rotatable bonds is 20. The van der Waals surface area contributed by atoms with Gasteiger partial charge in [0.05, 0.1) is 78.8 Å². The molecule has 7 nitrogen and oxygen atoms in total. The van der Waals surface area contributed by atoms with Gasteiger partial charge in [-0.3, -0.25) is 0 Å². The molecule has 0 aromatic heterocycles. The van der Waals surface area contributed by atoms with E-state index < -0.39 is 0 Å². The van der Waals surface area contributed by atoms with Crippen LogP contribution in [0.5, 0.6) is 0 Å². The fourth-order valence-corrected chi connectivity index (χ4v) is 1.88. The van der Waals surface area contributed by atoms with Gasteiger partial charge in [0.2, 0.25) is 0 Å². The smallest absolute Gasteiger partial charge is 0.0773 e. The third kappa shape index (κ3) is 19.8. The molecule has 1 atom stereocenters. The van der Waals surface area contributed by atoms with Crippen LogP contribution < -0.4 is 0 Å². The fourth-order valence-electron chi connectivity index (χ4n) is 1.88. The van der Waals surface area contributed by atoms with E-state index in [0.717, 1.165) is 25.7 Å². The molecule has 0 bridgehead atoms. The first kappa shape index (κ1) is 23.7. The summed E-state index contributed by atoms with van der Waals surface area (Å²) in [6.07, 6.45) is 3.80. The lowest BCUT2D eigenvalue weighted by molar-refractivity contribution is -0.0229. The van der Waals surface area contributed by atoms with Crippen molar-refractivity contribution in [2.24, 2.45) is 0 Å². The van der Waals surface area contributed by atoms with Gasteiger partial charge in [-0.05, 0) is 6.42 Å². The van der Waals surface area contributed by atoms with Crippen LogP contribution in [0.25, 0.3) is 0 Å². The fraction of sp³-hybridized carbons (Fsp3) is 1.00. The molecular weight excluding hydrogens is 316 g/mol. The number of aliphatic hydroxyl groups is 2. The second-order valence-electron chi connectivity index (χ2n) is 5.40. The van der Waals surface area contributed by atoms with E-state index in [-0.39, 0.29) is 12.7 Å². The summed E-state index contributed by atoms with van der Waals surface area (Å²) in [7, 11) is 0. The molecule has 24 heavy (non-hydrogen) atoms. The molecule has 0 aliphatic heterocycles. The lowest BCUT2D eigenvalue weighted by Crippen LogP contribution is -2.18. The Bertz CT molecular complexity index is 229. The minimum Gasteiger partial charge on any atom is -0.394 e. The molecule has 1 unspecified atom stereocenters. The molecule has 0 aliphatic rings. The monoisotopic (exact) mass is 352 g/mol. The molecule has 0 spiro atoms. The Morgan fingerprint density at radius 3 is 1.58 bits per heavy atom. The molecule has 0 rings (SSSR count). The quantitative estimate of drug-likeness (QED) is 0.316. The van der Waals surface area contributed by atoms with E-state index in [1.54, 1.807) is 0 Å². The summed E-state index contributed by atoms with van der Waals surface area (Å²) in [5.74, 6) is 0. The lowest BCUT2D eigenvalue weighted by Gasteiger charge is -2.11. The molecule has 0 saturated carbocycles. The van der Waals surface area contributed by atoms with Crippen LogP contribution in [0.2, 0.25) is 0 Å². The zero-order valence-corrected chi connectivity index (χ0v) is 15.1. The van der Waals surface area contributed by atoms with E-state index >= 15 is 0 Å². The van der Waals surface area contributed by atoms with Crippen LogP contribution in [0, 0.1) is 0 Å². The Hall–Kier alpha value is -0.280. The van der Waals surface area contributed by atoms with Crippen molar-refractivity contribution >= 4 is 0 Å². The standard InChI is InChI=1S/C17H36O7/c1-2-3-4-5-17(19)16-24-15-14-23-13-12-22-11-10-21-9-8-20-7-6-18/h17-19H,2-16H2,1H3. The Labute approximate surface area is 146 Å². The number of hydrogen-bond acceptors (Lipinski definition) is 7. The molecule has 0 aromatic carbocycles. The van der Waals surface area contributed by atoms with E-state index in [9.17, 15) is 5.11 Å². The number of aliphatic hydroxyl groups excluding tert-OH is 2. The van der Waals surface area contributed by atoms with Crippen LogP contribution in [0.3, 0.4) is 0 Å². The van der Waals surface area contributed by atoms with Crippen LogP contribution in [0.15, 0.2) is 0 Å². The van der Waals surface area contributed by atoms with Gasteiger partial charge in [-0.15, -0.1) is 0 Å². The summed E-state index contributed by atoms with van der Waals surface area (Å²) in [6.45, 7) is 6.95. The Morgan fingerprint density at radius 2 is 1.12 bits per heavy atom. The van der Waals surface area contributed by atoms with Crippen molar-refractivity contribution in [1.82, 2.24) is 0 Å².